The second kappa shape index (κ2) is 7.41. The van der Waals surface area contributed by atoms with Crippen LogP contribution in [-0.2, 0) is 14.8 Å². The molecule has 2 N–H and O–H groups in total. The number of halogens is 1. The van der Waals surface area contributed by atoms with E-state index in [-0.39, 0.29) is 34.0 Å². The Bertz CT molecular complexity index is 642. The van der Waals surface area contributed by atoms with E-state index in [4.69, 9.17) is 16.3 Å². The van der Waals surface area contributed by atoms with Gasteiger partial charge in [-0.1, -0.05) is 11.6 Å². The Morgan fingerprint density at radius 3 is 2.86 bits per heavy atom. The van der Waals surface area contributed by atoms with Crippen LogP contribution in [0.15, 0.2) is 23.1 Å². The number of nitrogens with one attached hydrogen (secondary N) is 2. The van der Waals surface area contributed by atoms with Crippen LogP contribution in [0, 0.1) is 0 Å². The van der Waals surface area contributed by atoms with E-state index in [0.717, 1.165) is 12.8 Å². The van der Waals surface area contributed by atoms with Gasteiger partial charge in [-0.3, -0.25) is 4.79 Å². The minimum Gasteiger partial charge on any atom is -0.377 e. The summed E-state index contributed by atoms with van der Waals surface area (Å²) in [6.45, 7) is 3.10. The topological polar surface area (TPSA) is 84.5 Å². The summed E-state index contributed by atoms with van der Waals surface area (Å²) < 4.78 is 32.6. The first-order chi connectivity index (χ1) is 10.4. The Morgan fingerprint density at radius 1 is 1.45 bits per heavy atom. The molecule has 0 aromatic heterocycles. The van der Waals surface area contributed by atoms with Gasteiger partial charge in [0, 0.05) is 25.3 Å². The molecular weight excluding hydrogens is 328 g/mol. The lowest BCUT2D eigenvalue weighted by molar-refractivity contribution is 0.0955. The first kappa shape index (κ1) is 17.2. The first-order valence-electron chi connectivity index (χ1n) is 7.13. The van der Waals surface area contributed by atoms with E-state index in [1.807, 2.05) is 0 Å². The zero-order chi connectivity index (χ0) is 16.2. The highest BCUT2D eigenvalue weighted by Gasteiger charge is 2.23. The van der Waals surface area contributed by atoms with E-state index < -0.39 is 10.0 Å². The third kappa shape index (κ3) is 4.19. The summed E-state index contributed by atoms with van der Waals surface area (Å²) in [6, 6.07) is 4.18. The molecule has 1 heterocycles. The SMILES string of the molecule is CCNC(=O)c1ccc(Cl)c(S(=O)(=O)NCC2CCCO2)c1. The molecule has 6 nitrogen and oxygen atoms in total. The molecule has 1 aliphatic heterocycles. The molecule has 0 saturated carbocycles. The predicted octanol–water partition coefficient (Wildman–Crippen LogP) is 1.55. The highest BCUT2D eigenvalue weighted by Crippen LogP contribution is 2.23. The van der Waals surface area contributed by atoms with Gasteiger partial charge < -0.3 is 10.1 Å². The number of rotatable bonds is 6. The van der Waals surface area contributed by atoms with E-state index in [2.05, 4.69) is 10.0 Å². The van der Waals surface area contributed by atoms with Crippen LogP contribution in [0.25, 0.3) is 0 Å². The molecule has 0 spiro atoms. The van der Waals surface area contributed by atoms with Crippen LogP contribution in [0.2, 0.25) is 5.02 Å². The van der Waals surface area contributed by atoms with Gasteiger partial charge in [0.1, 0.15) is 4.90 Å². The zero-order valence-corrected chi connectivity index (χ0v) is 13.8. The second-order valence-corrected chi connectivity index (χ2v) is 7.13. The number of hydrogen-bond acceptors (Lipinski definition) is 4. The van der Waals surface area contributed by atoms with Gasteiger partial charge >= 0.3 is 0 Å². The van der Waals surface area contributed by atoms with Crippen molar-refractivity contribution in [2.24, 2.45) is 0 Å². The van der Waals surface area contributed by atoms with Gasteiger partial charge in [-0.15, -0.1) is 0 Å². The third-order valence-electron chi connectivity index (χ3n) is 3.35. The Labute approximate surface area is 135 Å². The number of amides is 1. The maximum atomic E-state index is 12.4. The summed E-state index contributed by atoms with van der Waals surface area (Å²) in [6.07, 6.45) is 1.65. The van der Waals surface area contributed by atoms with Gasteiger partial charge in [0.05, 0.1) is 11.1 Å². The van der Waals surface area contributed by atoms with Crippen molar-refractivity contribution >= 4 is 27.5 Å². The fourth-order valence-corrected chi connectivity index (χ4v) is 3.79. The van der Waals surface area contributed by atoms with Gasteiger partial charge in [0.2, 0.25) is 10.0 Å². The maximum absolute atomic E-state index is 12.4. The highest BCUT2D eigenvalue weighted by molar-refractivity contribution is 7.89. The monoisotopic (exact) mass is 346 g/mol. The largest absolute Gasteiger partial charge is 0.377 e. The lowest BCUT2D eigenvalue weighted by atomic mass is 10.2. The van der Waals surface area contributed by atoms with Crippen LogP contribution in [0.3, 0.4) is 0 Å². The van der Waals surface area contributed by atoms with Crippen molar-refractivity contribution in [1.29, 1.82) is 0 Å². The number of ether oxygens (including phenoxy) is 1. The average Bonchev–Trinajstić information content (AvgIpc) is 2.99. The van der Waals surface area contributed by atoms with Gasteiger partial charge in [0.15, 0.2) is 0 Å². The molecule has 22 heavy (non-hydrogen) atoms. The van der Waals surface area contributed by atoms with Crippen LogP contribution in [0.5, 0.6) is 0 Å². The molecular formula is C14H19ClN2O4S. The summed E-state index contributed by atoms with van der Waals surface area (Å²) in [5, 5.41) is 2.70. The zero-order valence-electron chi connectivity index (χ0n) is 12.3. The molecule has 122 valence electrons. The first-order valence-corrected chi connectivity index (χ1v) is 8.99. The molecule has 0 aliphatic carbocycles. The van der Waals surface area contributed by atoms with Crippen molar-refractivity contribution in [3.8, 4) is 0 Å². The van der Waals surface area contributed by atoms with E-state index in [1.165, 1.54) is 18.2 Å². The van der Waals surface area contributed by atoms with Gasteiger partial charge in [0.25, 0.3) is 5.91 Å². The molecule has 1 aliphatic rings. The smallest absolute Gasteiger partial charge is 0.251 e. The lowest BCUT2D eigenvalue weighted by Crippen LogP contribution is -2.32. The van der Waals surface area contributed by atoms with Crippen molar-refractivity contribution in [1.82, 2.24) is 10.0 Å². The molecule has 1 aromatic carbocycles. The normalized spacial score (nSPS) is 18.4. The van der Waals surface area contributed by atoms with Gasteiger partial charge in [-0.2, -0.15) is 0 Å². The number of carbonyl (C=O) groups excluding carboxylic acids is 1. The van der Waals surface area contributed by atoms with E-state index in [0.29, 0.717) is 13.2 Å². The summed E-state index contributed by atoms with van der Waals surface area (Å²) in [5.41, 5.74) is 0.253. The summed E-state index contributed by atoms with van der Waals surface area (Å²) in [5.74, 6) is -0.338. The Hall–Kier alpha value is -1.15. The fraction of sp³-hybridized carbons (Fsp3) is 0.500. The highest BCUT2D eigenvalue weighted by atomic mass is 35.5. The molecule has 1 saturated heterocycles. The maximum Gasteiger partial charge on any atom is 0.251 e. The van der Waals surface area contributed by atoms with Crippen LogP contribution in [0.1, 0.15) is 30.1 Å². The van der Waals surface area contributed by atoms with Crippen LogP contribution in [0.4, 0.5) is 0 Å². The third-order valence-corrected chi connectivity index (χ3v) is 5.25. The Morgan fingerprint density at radius 2 is 2.23 bits per heavy atom. The van der Waals surface area contributed by atoms with E-state index in [9.17, 15) is 13.2 Å². The summed E-state index contributed by atoms with van der Waals surface area (Å²) >= 11 is 5.98. The minimum atomic E-state index is -3.79. The average molecular weight is 347 g/mol. The quantitative estimate of drug-likeness (QED) is 0.818. The molecule has 0 bridgehead atoms. The number of sulfonamides is 1. The molecule has 8 heteroatoms. The van der Waals surface area contributed by atoms with E-state index in [1.54, 1.807) is 6.92 Å². The molecule has 1 unspecified atom stereocenters. The van der Waals surface area contributed by atoms with Crippen molar-refractivity contribution in [3.05, 3.63) is 28.8 Å². The second-order valence-electron chi connectivity index (χ2n) is 4.99. The van der Waals surface area contributed by atoms with Crippen LogP contribution < -0.4 is 10.0 Å². The van der Waals surface area contributed by atoms with Crippen LogP contribution in [-0.4, -0.2) is 40.1 Å². The van der Waals surface area contributed by atoms with Gasteiger partial charge in [-0.25, -0.2) is 13.1 Å². The predicted molar refractivity (Wildman–Crippen MR) is 83.6 cm³/mol. The lowest BCUT2D eigenvalue weighted by Gasteiger charge is -2.13. The van der Waals surface area contributed by atoms with Crippen molar-refractivity contribution in [3.63, 3.8) is 0 Å². The molecule has 0 radical (unpaired) electrons. The molecule has 1 atom stereocenters. The Kier molecular flexibility index (Phi) is 5.80. The Balaban J connectivity index is 2.17. The summed E-state index contributed by atoms with van der Waals surface area (Å²) in [7, 11) is -3.79. The molecule has 1 amide bonds. The van der Waals surface area contributed by atoms with Crippen LogP contribution >= 0.6 is 11.6 Å². The van der Waals surface area contributed by atoms with Crippen molar-refractivity contribution in [2.45, 2.75) is 30.8 Å². The number of carbonyl (C=O) groups is 1. The number of benzene rings is 1. The molecule has 1 fully saturated rings. The van der Waals surface area contributed by atoms with Crippen molar-refractivity contribution in [2.75, 3.05) is 19.7 Å². The van der Waals surface area contributed by atoms with Crippen molar-refractivity contribution < 1.29 is 17.9 Å². The van der Waals surface area contributed by atoms with E-state index >= 15 is 0 Å². The minimum absolute atomic E-state index is 0.0767. The molecule has 2 rings (SSSR count). The van der Waals surface area contributed by atoms with Gasteiger partial charge in [-0.05, 0) is 38.0 Å². The summed E-state index contributed by atoms with van der Waals surface area (Å²) in [4.78, 5) is 11.7. The number of hydrogen-bond donors (Lipinski definition) is 2. The molecule has 1 aromatic rings. The standard InChI is InChI=1S/C14H19ClN2O4S/c1-2-16-14(18)10-5-6-12(15)13(8-10)22(19,20)17-9-11-4-3-7-21-11/h5-6,8,11,17H,2-4,7,9H2,1H3,(H,16,18). The fourth-order valence-electron chi connectivity index (χ4n) is 2.20.